The molecule has 0 spiro atoms. The molecule has 1 aromatic heterocycles. The van der Waals surface area contributed by atoms with Gasteiger partial charge >= 0.3 is 38.7 Å². The van der Waals surface area contributed by atoms with Crippen LogP contribution in [0.25, 0.3) is 0 Å². The molecule has 104 valence electrons. The van der Waals surface area contributed by atoms with Gasteiger partial charge in [0.1, 0.15) is 18.7 Å². The Morgan fingerprint density at radius 3 is 2.50 bits per heavy atom. The molecule has 1 aliphatic heterocycles. The molecule has 1 amide bonds. The molecule has 0 bridgehead atoms. The minimum absolute atomic E-state index is 0. The van der Waals surface area contributed by atoms with Crippen molar-refractivity contribution in [2.24, 2.45) is 0 Å². The average molecular weight is 351 g/mol. The molecule has 7 heteroatoms. The van der Waals surface area contributed by atoms with Gasteiger partial charge in [0.25, 0.3) is 0 Å². The maximum absolute atomic E-state index is 12.4. The van der Waals surface area contributed by atoms with E-state index in [1.54, 1.807) is 6.20 Å². The number of amides is 1. The molecular formula is C13H16N3O3Y. The van der Waals surface area contributed by atoms with E-state index in [1.165, 1.54) is 6.33 Å². The summed E-state index contributed by atoms with van der Waals surface area (Å²) in [5, 5.41) is 8.86. The number of fused-ring (bicyclic) bond motifs is 1. The van der Waals surface area contributed by atoms with Gasteiger partial charge in [-0.05, 0) is 0 Å². The van der Waals surface area contributed by atoms with Crippen molar-refractivity contribution in [1.82, 2.24) is 9.97 Å². The van der Waals surface area contributed by atoms with Crippen LogP contribution >= 0.6 is 0 Å². The summed E-state index contributed by atoms with van der Waals surface area (Å²) in [6.07, 6.45) is 3.43. The summed E-state index contributed by atoms with van der Waals surface area (Å²) < 4.78 is 0. The quantitative estimate of drug-likeness (QED) is 0.820. The summed E-state index contributed by atoms with van der Waals surface area (Å²) in [6, 6.07) is 0. The van der Waals surface area contributed by atoms with Crippen LogP contribution in [0.5, 0.6) is 0 Å². The van der Waals surface area contributed by atoms with Crippen LogP contribution in [0.2, 0.25) is 0 Å². The Bertz CT molecular complexity index is 503. The van der Waals surface area contributed by atoms with Crippen molar-refractivity contribution in [3.8, 4) is 0 Å². The zero-order valence-corrected chi connectivity index (χ0v) is 14.2. The van der Waals surface area contributed by atoms with Gasteiger partial charge in [0, 0.05) is 17.2 Å². The first-order valence-corrected chi connectivity index (χ1v) is 5.49. The Balaban J connectivity index is 0.00000180. The molecule has 0 unspecified atom stereocenters. The Labute approximate surface area is 143 Å². The van der Waals surface area contributed by atoms with Crippen LogP contribution in [0.15, 0.2) is 12.5 Å². The van der Waals surface area contributed by atoms with Crippen molar-refractivity contribution in [2.75, 3.05) is 11.4 Å². The number of carbonyl (C=O) groups is 2. The summed E-state index contributed by atoms with van der Waals surface area (Å²) in [4.78, 5) is 32.3. The summed E-state index contributed by atoms with van der Waals surface area (Å²) >= 11 is 0. The van der Waals surface area contributed by atoms with Crippen molar-refractivity contribution in [1.29, 1.82) is 0 Å². The smallest absolute Gasteiger partial charge is 0.480 e. The van der Waals surface area contributed by atoms with Crippen LogP contribution < -0.4 is 4.90 Å². The number of hydrogen-bond donors (Lipinski definition) is 1. The van der Waals surface area contributed by atoms with E-state index < -0.39 is 17.9 Å². The van der Waals surface area contributed by atoms with Crippen molar-refractivity contribution in [3.05, 3.63) is 39.4 Å². The van der Waals surface area contributed by atoms with Gasteiger partial charge in [-0.3, -0.25) is 14.5 Å². The van der Waals surface area contributed by atoms with Gasteiger partial charge in [-0.1, -0.05) is 0 Å². The van der Waals surface area contributed by atoms with Crippen LogP contribution in [0.1, 0.15) is 18.4 Å². The van der Waals surface area contributed by atoms with Gasteiger partial charge in [-0.25, -0.2) is 9.97 Å². The Kier molecular flexibility index (Phi) is 6.91. The van der Waals surface area contributed by atoms with Gasteiger partial charge < -0.3 is 26.4 Å². The third-order valence-corrected chi connectivity index (χ3v) is 3.26. The van der Waals surface area contributed by atoms with Crippen molar-refractivity contribution in [2.45, 2.75) is 18.3 Å². The number of aliphatic carboxylic acids is 1. The average Bonchev–Trinajstić information content (AvgIpc) is 2.60. The normalized spacial score (nSPS) is 15.1. The maximum Gasteiger partial charge on any atom is 3.00 e. The first-order valence-electron chi connectivity index (χ1n) is 5.49. The molecular weight excluding hydrogens is 335 g/mol. The zero-order chi connectivity index (χ0) is 13.3. The van der Waals surface area contributed by atoms with E-state index in [1.807, 2.05) is 0 Å². The molecule has 0 radical (unpaired) electrons. The monoisotopic (exact) mass is 351 g/mol. The second kappa shape index (κ2) is 7.22. The van der Waals surface area contributed by atoms with Gasteiger partial charge in [0.15, 0.2) is 0 Å². The molecule has 0 aromatic carbocycles. The number of aromatic nitrogens is 2. The number of rotatable bonds is 4. The molecule has 0 atom stereocenters. The summed E-state index contributed by atoms with van der Waals surface area (Å²) in [6.45, 7) is 7.15. The van der Waals surface area contributed by atoms with E-state index in [0.717, 1.165) is 4.90 Å². The van der Waals surface area contributed by atoms with Crippen LogP contribution in [-0.2, 0) is 47.7 Å². The number of anilines is 1. The second-order valence-electron chi connectivity index (χ2n) is 4.13. The maximum atomic E-state index is 12.4. The number of nitrogens with zero attached hydrogens (tertiary/aromatic N) is 3. The van der Waals surface area contributed by atoms with E-state index in [4.69, 9.17) is 5.11 Å². The van der Waals surface area contributed by atoms with Crippen LogP contribution in [0, 0.1) is 21.3 Å². The molecule has 1 aromatic rings. The fourth-order valence-electron chi connectivity index (χ4n) is 2.24. The largest absolute Gasteiger partial charge is 3.00 e. The molecule has 0 saturated carbocycles. The van der Waals surface area contributed by atoms with Gasteiger partial charge in [-0.15, -0.1) is 0 Å². The zero-order valence-electron chi connectivity index (χ0n) is 11.4. The van der Waals surface area contributed by atoms with Gasteiger partial charge in [-0.2, -0.15) is 12.8 Å². The predicted octanol–water partition coefficient (Wildman–Crippen LogP) is 1.04. The summed E-state index contributed by atoms with van der Waals surface area (Å²) in [5.41, 5.74) is -0.285. The Morgan fingerprint density at radius 1 is 1.40 bits per heavy atom. The van der Waals surface area contributed by atoms with Gasteiger partial charge in [0.2, 0.25) is 5.91 Å². The minimum atomic E-state index is -1.09. The molecule has 6 nitrogen and oxygen atoms in total. The minimum Gasteiger partial charge on any atom is -0.480 e. The van der Waals surface area contributed by atoms with Crippen molar-refractivity contribution in [3.63, 3.8) is 0 Å². The van der Waals surface area contributed by atoms with E-state index in [9.17, 15) is 9.59 Å². The molecule has 1 aliphatic rings. The van der Waals surface area contributed by atoms with Crippen LogP contribution in [0.4, 0.5) is 5.82 Å². The molecule has 2 heterocycles. The fourth-order valence-corrected chi connectivity index (χ4v) is 2.24. The molecule has 0 saturated heterocycles. The van der Waals surface area contributed by atoms with E-state index in [0.29, 0.717) is 24.2 Å². The molecule has 20 heavy (non-hydrogen) atoms. The Morgan fingerprint density at radius 2 is 2.00 bits per heavy atom. The van der Waals surface area contributed by atoms with Gasteiger partial charge in [0.05, 0.1) is 0 Å². The first-order chi connectivity index (χ1) is 8.56. The third-order valence-electron chi connectivity index (χ3n) is 3.26. The standard InChI is InChI=1S/C12H13N3O3.CH3.Y/c1-3-12(4-2)8-5-13-7-14-10(8)15(11(12)18)6-9(16)17;;/h5,7H,1-4,6H2,(H,16,17);1H3;/q-2;-1;+3. The number of carboxylic acid groups (broad SMARTS) is 1. The Hall–Kier alpha value is -0.876. The number of carbonyl (C=O) groups excluding carboxylic acids is 1. The number of carboxylic acids is 1. The predicted molar refractivity (Wildman–Crippen MR) is 70.1 cm³/mol. The topological polar surface area (TPSA) is 83.4 Å². The fraction of sp³-hybridized carbons (Fsp3) is 0.308. The van der Waals surface area contributed by atoms with Crippen LogP contribution in [0.3, 0.4) is 0 Å². The van der Waals surface area contributed by atoms with Crippen LogP contribution in [-0.4, -0.2) is 33.5 Å². The number of hydrogen-bond acceptors (Lipinski definition) is 4. The van der Waals surface area contributed by atoms with E-state index >= 15 is 0 Å². The van der Waals surface area contributed by atoms with Crippen molar-refractivity contribution < 1.29 is 47.4 Å². The summed E-state index contributed by atoms with van der Waals surface area (Å²) in [7, 11) is 0. The summed E-state index contributed by atoms with van der Waals surface area (Å²) in [5.74, 6) is -1.05. The van der Waals surface area contributed by atoms with Crippen molar-refractivity contribution >= 4 is 17.7 Å². The molecule has 2 rings (SSSR count). The van der Waals surface area contributed by atoms with E-state index in [-0.39, 0.29) is 46.0 Å². The second-order valence-corrected chi connectivity index (χ2v) is 4.13. The molecule has 0 fully saturated rings. The molecule has 0 aliphatic carbocycles. The molecule has 1 N–H and O–H groups in total. The van der Waals surface area contributed by atoms with E-state index in [2.05, 4.69) is 23.8 Å². The first kappa shape index (κ1) is 19.1. The SMILES string of the molecule is [CH2-]CC1(C[CH2-])C(=O)N(CC(=O)O)c2ncncc21.[CH3-].[Y+3]. The third kappa shape index (κ3) is 2.77.